The summed E-state index contributed by atoms with van der Waals surface area (Å²) in [5.74, 6) is -1.16. The minimum absolute atomic E-state index is 0.0903. The van der Waals surface area contributed by atoms with Gasteiger partial charge in [0.25, 0.3) is 0 Å². The Morgan fingerprint density at radius 1 is 1.48 bits per heavy atom. The monoisotopic (exact) mass is 371 g/mol. The van der Waals surface area contributed by atoms with Gasteiger partial charge in [0.15, 0.2) is 0 Å². The molecular formula is C17H25NO6S. The first kappa shape index (κ1) is 18.5. The van der Waals surface area contributed by atoms with Crippen LogP contribution in [0.4, 0.5) is 0 Å². The molecule has 140 valence electrons. The molecular weight excluding hydrogens is 346 g/mol. The van der Waals surface area contributed by atoms with Crippen LogP contribution in [0.1, 0.15) is 33.1 Å². The van der Waals surface area contributed by atoms with E-state index in [-0.39, 0.29) is 34.7 Å². The normalized spacial score (nSPS) is 40.2. The first-order valence-electron chi connectivity index (χ1n) is 8.68. The first-order valence-corrected chi connectivity index (χ1v) is 9.73. The molecule has 1 aliphatic heterocycles. The van der Waals surface area contributed by atoms with E-state index in [1.165, 1.54) is 25.8 Å². The average molecular weight is 371 g/mol. The summed E-state index contributed by atoms with van der Waals surface area (Å²) in [4.78, 5) is 35.6. The predicted molar refractivity (Wildman–Crippen MR) is 90.7 cm³/mol. The van der Waals surface area contributed by atoms with Gasteiger partial charge in [0.05, 0.1) is 7.11 Å². The Morgan fingerprint density at radius 2 is 2.20 bits per heavy atom. The van der Waals surface area contributed by atoms with Gasteiger partial charge < -0.3 is 19.9 Å². The number of ether oxygens (including phenoxy) is 2. The van der Waals surface area contributed by atoms with Gasteiger partial charge >= 0.3 is 11.9 Å². The molecule has 0 radical (unpaired) electrons. The van der Waals surface area contributed by atoms with Gasteiger partial charge in [0, 0.05) is 17.9 Å². The molecule has 2 unspecified atom stereocenters. The molecule has 3 aliphatic rings. The Labute approximate surface area is 151 Å². The summed E-state index contributed by atoms with van der Waals surface area (Å²) in [7, 11) is 1.27. The van der Waals surface area contributed by atoms with Gasteiger partial charge in [0.1, 0.15) is 23.7 Å². The van der Waals surface area contributed by atoms with E-state index in [4.69, 9.17) is 9.47 Å². The summed E-state index contributed by atoms with van der Waals surface area (Å²) in [6, 6.07) is -0.774. The van der Waals surface area contributed by atoms with Crippen LogP contribution in [0.3, 0.4) is 0 Å². The molecule has 2 saturated carbocycles. The van der Waals surface area contributed by atoms with Crippen molar-refractivity contribution in [2.45, 2.75) is 56.1 Å². The highest BCUT2D eigenvalue weighted by Gasteiger charge is 2.68. The zero-order chi connectivity index (χ0) is 18.4. The van der Waals surface area contributed by atoms with Gasteiger partial charge in [-0.15, -0.1) is 0 Å². The van der Waals surface area contributed by atoms with E-state index in [0.717, 1.165) is 12.8 Å². The fourth-order valence-corrected chi connectivity index (χ4v) is 6.32. The average Bonchev–Trinajstić information content (AvgIpc) is 2.99. The zero-order valence-electron chi connectivity index (χ0n) is 14.7. The first-order chi connectivity index (χ1) is 11.8. The van der Waals surface area contributed by atoms with Crippen LogP contribution in [0.15, 0.2) is 0 Å². The maximum atomic E-state index is 12.4. The second-order valence-corrected chi connectivity index (χ2v) is 8.56. The molecule has 1 heterocycles. The molecule has 0 aromatic rings. The van der Waals surface area contributed by atoms with Crippen molar-refractivity contribution in [2.75, 3.05) is 12.9 Å². The van der Waals surface area contributed by atoms with Crippen molar-refractivity contribution in [3.8, 4) is 0 Å². The Morgan fingerprint density at radius 3 is 2.84 bits per heavy atom. The van der Waals surface area contributed by atoms with Crippen molar-refractivity contribution >= 4 is 29.6 Å². The second-order valence-electron chi connectivity index (χ2n) is 7.35. The summed E-state index contributed by atoms with van der Waals surface area (Å²) in [5.41, 5.74) is -1.09. The van der Waals surface area contributed by atoms with Gasteiger partial charge in [-0.2, -0.15) is 11.8 Å². The molecule has 25 heavy (non-hydrogen) atoms. The SMILES string of the molecule is COC(=O)[C@H](CS[C@H]1C2C(=O)OC3CC[C@H](C[C@@H]1C)[C@@]32O)NC(C)=O. The number of nitrogens with one attached hydrogen (secondary N) is 1. The van der Waals surface area contributed by atoms with Crippen LogP contribution in [0.2, 0.25) is 0 Å². The molecule has 1 amide bonds. The van der Waals surface area contributed by atoms with Crippen molar-refractivity contribution in [3.63, 3.8) is 0 Å². The highest BCUT2D eigenvalue weighted by molar-refractivity contribution is 8.00. The number of aliphatic hydroxyl groups is 1. The van der Waals surface area contributed by atoms with E-state index in [0.29, 0.717) is 6.42 Å². The predicted octanol–water partition coefficient (Wildman–Crippen LogP) is 0.488. The van der Waals surface area contributed by atoms with Crippen LogP contribution < -0.4 is 5.32 Å². The number of carbonyl (C=O) groups excluding carboxylic acids is 3. The maximum absolute atomic E-state index is 12.4. The van der Waals surface area contributed by atoms with Crippen molar-refractivity contribution in [2.24, 2.45) is 17.8 Å². The number of esters is 2. The Balaban J connectivity index is 1.75. The van der Waals surface area contributed by atoms with E-state index in [2.05, 4.69) is 12.2 Å². The molecule has 0 aromatic carbocycles. The van der Waals surface area contributed by atoms with Gasteiger partial charge in [-0.05, 0) is 31.1 Å². The molecule has 3 rings (SSSR count). The molecule has 7 nitrogen and oxygen atoms in total. The largest absolute Gasteiger partial charge is 0.467 e. The lowest BCUT2D eigenvalue weighted by atomic mass is 9.66. The minimum Gasteiger partial charge on any atom is -0.467 e. The molecule has 0 bridgehead atoms. The van der Waals surface area contributed by atoms with Crippen LogP contribution in [0, 0.1) is 17.8 Å². The van der Waals surface area contributed by atoms with E-state index in [9.17, 15) is 19.5 Å². The summed E-state index contributed by atoms with van der Waals surface area (Å²) in [5, 5.41) is 13.6. The van der Waals surface area contributed by atoms with Crippen LogP contribution in [-0.2, 0) is 23.9 Å². The number of thioether (sulfide) groups is 1. The van der Waals surface area contributed by atoms with Gasteiger partial charge in [-0.3, -0.25) is 9.59 Å². The van der Waals surface area contributed by atoms with E-state index in [1.54, 1.807) is 0 Å². The number of hydrogen-bond acceptors (Lipinski definition) is 7. The fraction of sp³-hybridized carbons (Fsp3) is 0.824. The topological polar surface area (TPSA) is 102 Å². The molecule has 0 spiro atoms. The molecule has 2 aliphatic carbocycles. The number of amides is 1. The Kier molecular flexibility index (Phi) is 5.03. The quantitative estimate of drug-likeness (QED) is 0.678. The van der Waals surface area contributed by atoms with Gasteiger partial charge in [-0.25, -0.2) is 4.79 Å². The van der Waals surface area contributed by atoms with Crippen molar-refractivity contribution in [3.05, 3.63) is 0 Å². The highest BCUT2D eigenvalue weighted by atomic mass is 32.2. The van der Waals surface area contributed by atoms with Crippen LogP contribution in [-0.4, -0.2) is 58.8 Å². The zero-order valence-corrected chi connectivity index (χ0v) is 15.5. The molecule has 1 saturated heterocycles. The van der Waals surface area contributed by atoms with Crippen LogP contribution >= 0.6 is 11.8 Å². The third-order valence-corrected chi connectivity index (χ3v) is 7.47. The molecule has 2 N–H and O–H groups in total. The van der Waals surface area contributed by atoms with E-state index < -0.39 is 29.6 Å². The molecule has 8 heteroatoms. The molecule has 0 aromatic heterocycles. The van der Waals surface area contributed by atoms with Crippen LogP contribution in [0.5, 0.6) is 0 Å². The van der Waals surface area contributed by atoms with Crippen molar-refractivity contribution in [1.82, 2.24) is 5.32 Å². The van der Waals surface area contributed by atoms with Crippen LogP contribution in [0.25, 0.3) is 0 Å². The van der Waals surface area contributed by atoms with Gasteiger partial charge in [-0.1, -0.05) is 6.92 Å². The highest BCUT2D eigenvalue weighted by Crippen LogP contribution is 2.58. The van der Waals surface area contributed by atoms with E-state index >= 15 is 0 Å². The third-order valence-electron chi connectivity index (χ3n) is 5.82. The number of hydrogen-bond donors (Lipinski definition) is 2. The number of methoxy groups -OCH3 is 1. The molecule has 7 atom stereocenters. The summed E-state index contributed by atoms with van der Waals surface area (Å²) >= 11 is 1.43. The lowest BCUT2D eigenvalue weighted by Crippen LogP contribution is -2.56. The summed E-state index contributed by atoms with van der Waals surface area (Å²) < 4.78 is 10.2. The number of carbonyl (C=O) groups is 3. The van der Waals surface area contributed by atoms with Gasteiger partial charge in [0.2, 0.25) is 5.91 Å². The summed E-state index contributed by atoms with van der Waals surface area (Å²) in [6.45, 7) is 3.41. The minimum atomic E-state index is -1.09. The third kappa shape index (κ3) is 3.03. The standard InChI is InChI=1S/C17H25NO6S/c1-8-6-10-4-5-12-17(10,22)13(16(21)24-12)14(8)25-7-11(15(20)23-3)18-9(2)19/h8,10-14,22H,4-7H2,1-3H3,(H,18,19)/t8-,10+,11-,12?,13?,14+,17+/m0/s1. The lowest BCUT2D eigenvalue weighted by Gasteiger charge is -2.44. The van der Waals surface area contributed by atoms with Crippen molar-refractivity contribution in [1.29, 1.82) is 0 Å². The number of rotatable bonds is 5. The van der Waals surface area contributed by atoms with Crippen molar-refractivity contribution < 1.29 is 29.0 Å². The second kappa shape index (κ2) is 6.79. The molecule has 3 fully saturated rings. The summed E-state index contributed by atoms with van der Waals surface area (Å²) in [6.07, 6.45) is 2.02. The smallest absolute Gasteiger partial charge is 0.329 e. The maximum Gasteiger partial charge on any atom is 0.329 e. The Hall–Kier alpha value is -1.28. The lowest BCUT2D eigenvalue weighted by molar-refractivity contribution is -0.145. The Bertz CT molecular complexity index is 583. The fourth-order valence-electron chi connectivity index (χ4n) is 4.73. The van der Waals surface area contributed by atoms with E-state index in [1.807, 2.05) is 0 Å².